The van der Waals surface area contributed by atoms with Crippen molar-refractivity contribution in [2.24, 2.45) is 13.0 Å². The van der Waals surface area contributed by atoms with Crippen LogP contribution in [0.15, 0.2) is 18.2 Å². The molecule has 0 radical (unpaired) electrons. The number of fused-ring (bicyclic) bond motifs is 1. The molecular formula is C18H24N4O3. The van der Waals surface area contributed by atoms with Gasteiger partial charge in [0.2, 0.25) is 11.9 Å². The molecule has 0 aliphatic carbocycles. The van der Waals surface area contributed by atoms with Crippen LogP contribution in [-0.4, -0.2) is 50.6 Å². The molecule has 7 nitrogen and oxygen atoms in total. The number of rotatable bonds is 4. The highest BCUT2D eigenvalue weighted by molar-refractivity contribution is 5.93. The molecule has 1 aromatic carbocycles. The maximum Gasteiger partial charge on any atom is 0.335 e. The molecule has 2 aromatic rings. The Morgan fingerprint density at radius 3 is 2.80 bits per heavy atom. The van der Waals surface area contributed by atoms with Gasteiger partial charge in [0.1, 0.15) is 0 Å². The monoisotopic (exact) mass is 344 g/mol. The SMILES string of the molecule is CC(C)C(=O)N1CCCC(Nc2nc3cc(C(=O)O)ccc3n2C)C1. The summed E-state index contributed by atoms with van der Waals surface area (Å²) in [4.78, 5) is 29.8. The lowest BCUT2D eigenvalue weighted by Crippen LogP contribution is -2.46. The number of aryl methyl sites for hydroxylation is 1. The van der Waals surface area contributed by atoms with Crippen molar-refractivity contribution >= 4 is 28.9 Å². The van der Waals surface area contributed by atoms with Crippen molar-refractivity contribution in [3.05, 3.63) is 23.8 Å². The molecule has 25 heavy (non-hydrogen) atoms. The van der Waals surface area contributed by atoms with E-state index < -0.39 is 5.97 Å². The lowest BCUT2D eigenvalue weighted by molar-refractivity contribution is -0.135. The zero-order chi connectivity index (χ0) is 18.1. The van der Waals surface area contributed by atoms with Gasteiger partial charge in [-0.2, -0.15) is 0 Å². The number of amides is 1. The predicted molar refractivity (Wildman–Crippen MR) is 95.7 cm³/mol. The minimum Gasteiger partial charge on any atom is -0.478 e. The van der Waals surface area contributed by atoms with Gasteiger partial charge < -0.3 is 19.9 Å². The Kier molecular flexibility index (Phi) is 4.65. The number of carboxylic acid groups (broad SMARTS) is 1. The summed E-state index contributed by atoms with van der Waals surface area (Å²) in [6.07, 6.45) is 1.94. The molecule has 1 aliphatic heterocycles. The van der Waals surface area contributed by atoms with E-state index in [0.29, 0.717) is 18.0 Å². The van der Waals surface area contributed by atoms with Crippen molar-refractivity contribution in [3.8, 4) is 0 Å². The molecule has 1 fully saturated rings. The summed E-state index contributed by atoms with van der Waals surface area (Å²) < 4.78 is 1.92. The largest absolute Gasteiger partial charge is 0.478 e. The number of nitrogens with one attached hydrogen (secondary N) is 1. The number of hydrogen-bond donors (Lipinski definition) is 2. The van der Waals surface area contributed by atoms with Crippen LogP contribution in [-0.2, 0) is 11.8 Å². The van der Waals surface area contributed by atoms with Gasteiger partial charge in [0.05, 0.1) is 16.6 Å². The van der Waals surface area contributed by atoms with Crippen molar-refractivity contribution < 1.29 is 14.7 Å². The first-order chi connectivity index (χ1) is 11.9. The zero-order valence-electron chi connectivity index (χ0n) is 14.8. The van der Waals surface area contributed by atoms with Crippen LogP contribution in [0.5, 0.6) is 0 Å². The lowest BCUT2D eigenvalue weighted by Gasteiger charge is -2.34. The molecule has 0 saturated carbocycles. The van der Waals surface area contributed by atoms with Crippen LogP contribution in [0.25, 0.3) is 11.0 Å². The van der Waals surface area contributed by atoms with E-state index in [1.807, 2.05) is 30.4 Å². The second-order valence-electron chi connectivity index (χ2n) is 6.93. The Hall–Kier alpha value is -2.57. The molecule has 1 aliphatic rings. The number of nitrogens with zero attached hydrogens (tertiary/aromatic N) is 3. The predicted octanol–water partition coefficient (Wildman–Crippen LogP) is 2.33. The summed E-state index contributed by atoms with van der Waals surface area (Å²) in [7, 11) is 1.90. The topological polar surface area (TPSA) is 87.5 Å². The molecule has 2 N–H and O–H groups in total. The number of aromatic carboxylic acids is 1. The average Bonchev–Trinajstić information content (AvgIpc) is 2.89. The number of aromatic nitrogens is 2. The van der Waals surface area contributed by atoms with Crippen LogP contribution in [0.1, 0.15) is 37.0 Å². The molecule has 3 rings (SSSR count). The van der Waals surface area contributed by atoms with Crippen LogP contribution in [0.4, 0.5) is 5.95 Å². The Morgan fingerprint density at radius 2 is 2.12 bits per heavy atom. The molecule has 1 unspecified atom stereocenters. The number of hydrogen-bond acceptors (Lipinski definition) is 4. The fourth-order valence-electron chi connectivity index (χ4n) is 3.30. The fraction of sp³-hybridized carbons (Fsp3) is 0.500. The Morgan fingerprint density at radius 1 is 1.36 bits per heavy atom. The number of piperidine rings is 1. The van der Waals surface area contributed by atoms with Gasteiger partial charge in [-0.05, 0) is 31.0 Å². The van der Waals surface area contributed by atoms with Crippen molar-refractivity contribution in [3.63, 3.8) is 0 Å². The van der Waals surface area contributed by atoms with Gasteiger partial charge in [0.15, 0.2) is 0 Å². The fourth-order valence-corrected chi connectivity index (χ4v) is 3.30. The van der Waals surface area contributed by atoms with Gasteiger partial charge in [-0.25, -0.2) is 9.78 Å². The van der Waals surface area contributed by atoms with Gasteiger partial charge in [0.25, 0.3) is 0 Å². The van der Waals surface area contributed by atoms with E-state index in [0.717, 1.165) is 24.9 Å². The lowest BCUT2D eigenvalue weighted by atomic mass is 10.0. The summed E-state index contributed by atoms with van der Waals surface area (Å²) in [6, 6.07) is 5.08. The normalized spacial score (nSPS) is 17.9. The van der Waals surface area contributed by atoms with Crippen LogP contribution >= 0.6 is 0 Å². The first-order valence-corrected chi connectivity index (χ1v) is 8.62. The third kappa shape index (κ3) is 3.45. The number of carboxylic acids is 1. The van der Waals surface area contributed by atoms with E-state index in [9.17, 15) is 9.59 Å². The van der Waals surface area contributed by atoms with Crippen LogP contribution in [0, 0.1) is 5.92 Å². The molecule has 0 spiro atoms. The van der Waals surface area contributed by atoms with Gasteiger partial charge in [-0.15, -0.1) is 0 Å². The van der Waals surface area contributed by atoms with Crippen LogP contribution in [0.3, 0.4) is 0 Å². The third-order valence-corrected chi connectivity index (χ3v) is 4.69. The zero-order valence-corrected chi connectivity index (χ0v) is 14.8. The second-order valence-corrected chi connectivity index (χ2v) is 6.93. The highest BCUT2D eigenvalue weighted by Gasteiger charge is 2.26. The van der Waals surface area contributed by atoms with Crippen molar-refractivity contribution in [1.29, 1.82) is 0 Å². The molecule has 7 heteroatoms. The first-order valence-electron chi connectivity index (χ1n) is 8.62. The molecule has 1 atom stereocenters. The van der Waals surface area contributed by atoms with E-state index >= 15 is 0 Å². The smallest absolute Gasteiger partial charge is 0.335 e. The third-order valence-electron chi connectivity index (χ3n) is 4.69. The van der Waals surface area contributed by atoms with Gasteiger partial charge in [-0.3, -0.25) is 4.79 Å². The first kappa shape index (κ1) is 17.3. The Bertz CT molecular complexity index is 812. The number of carbonyl (C=O) groups excluding carboxylic acids is 1. The quantitative estimate of drug-likeness (QED) is 0.889. The summed E-state index contributed by atoms with van der Waals surface area (Å²) in [5.41, 5.74) is 1.75. The van der Waals surface area contributed by atoms with E-state index in [1.54, 1.807) is 18.2 Å². The van der Waals surface area contributed by atoms with Gasteiger partial charge in [-0.1, -0.05) is 13.8 Å². The summed E-state index contributed by atoms with van der Waals surface area (Å²) in [5.74, 6) is -0.0786. The summed E-state index contributed by atoms with van der Waals surface area (Å²) in [5, 5.41) is 12.5. The van der Waals surface area contributed by atoms with E-state index in [4.69, 9.17) is 5.11 Å². The molecule has 0 bridgehead atoms. The van der Waals surface area contributed by atoms with Crippen LogP contribution < -0.4 is 5.32 Å². The Labute approximate surface area is 146 Å². The highest BCUT2D eigenvalue weighted by atomic mass is 16.4. The highest BCUT2D eigenvalue weighted by Crippen LogP contribution is 2.22. The maximum atomic E-state index is 12.2. The standard InChI is InChI=1S/C18H24N4O3/c1-11(2)16(23)22-8-4-5-13(10-22)19-18-20-14-9-12(17(24)25)6-7-15(14)21(18)3/h6-7,9,11,13H,4-5,8,10H2,1-3H3,(H,19,20)(H,24,25). The van der Waals surface area contributed by atoms with Gasteiger partial charge in [0, 0.05) is 32.1 Å². The van der Waals surface area contributed by atoms with E-state index in [-0.39, 0.29) is 23.4 Å². The molecule has 134 valence electrons. The number of likely N-dealkylation sites (tertiary alicyclic amines) is 1. The van der Waals surface area contributed by atoms with Crippen molar-refractivity contribution in [2.75, 3.05) is 18.4 Å². The van der Waals surface area contributed by atoms with E-state index in [1.165, 1.54) is 0 Å². The van der Waals surface area contributed by atoms with Gasteiger partial charge >= 0.3 is 5.97 Å². The van der Waals surface area contributed by atoms with E-state index in [2.05, 4.69) is 10.3 Å². The minimum atomic E-state index is -0.961. The second kappa shape index (κ2) is 6.74. The number of anilines is 1. The van der Waals surface area contributed by atoms with Crippen LogP contribution in [0.2, 0.25) is 0 Å². The number of carbonyl (C=O) groups is 2. The van der Waals surface area contributed by atoms with Crippen molar-refractivity contribution in [1.82, 2.24) is 14.5 Å². The molecular weight excluding hydrogens is 320 g/mol. The number of benzene rings is 1. The summed E-state index contributed by atoms with van der Waals surface area (Å²) in [6.45, 7) is 5.32. The maximum absolute atomic E-state index is 12.2. The Balaban J connectivity index is 1.79. The average molecular weight is 344 g/mol. The summed E-state index contributed by atoms with van der Waals surface area (Å²) >= 11 is 0. The molecule has 1 saturated heterocycles. The molecule has 1 amide bonds. The molecule has 2 heterocycles. The van der Waals surface area contributed by atoms with Crippen molar-refractivity contribution in [2.45, 2.75) is 32.7 Å². The molecule has 1 aromatic heterocycles. The number of imidazole rings is 1. The minimum absolute atomic E-state index is 0.00365.